The summed E-state index contributed by atoms with van der Waals surface area (Å²) in [7, 11) is 0. The van der Waals surface area contributed by atoms with Crippen LogP contribution < -0.4 is 11.0 Å². The van der Waals surface area contributed by atoms with Crippen molar-refractivity contribution in [2.75, 3.05) is 11.9 Å². The molecule has 0 fully saturated rings. The Hall–Kier alpha value is -2.22. The van der Waals surface area contributed by atoms with Gasteiger partial charge in [0, 0.05) is 24.5 Å². The molecule has 0 saturated heterocycles. The summed E-state index contributed by atoms with van der Waals surface area (Å²) < 4.78 is 1.23. The zero-order valence-corrected chi connectivity index (χ0v) is 10.1. The molecule has 0 aliphatic heterocycles. The van der Waals surface area contributed by atoms with Gasteiger partial charge in [0.25, 0.3) is 0 Å². The Morgan fingerprint density at radius 3 is 3.22 bits per heavy atom. The van der Waals surface area contributed by atoms with E-state index in [-0.39, 0.29) is 5.69 Å². The van der Waals surface area contributed by atoms with Crippen LogP contribution in [-0.2, 0) is 6.42 Å². The van der Waals surface area contributed by atoms with E-state index in [0.717, 1.165) is 18.0 Å². The second-order valence-corrected chi connectivity index (χ2v) is 4.60. The van der Waals surface area contributed by atoms with Crippen LogP contribution in [0.1, 0.15) is 5.01 Å². The molecule has 2 N–H and O–H groups in total. The number of aromatic amines is 1. The fourth-order valence-corrected chi connectivity index (χ4v) is 2.19. The number of H-pyrrole nitrogens is 1. The van der Waals surface area contributed by atoms with Gasteiger partial charge in [-0.15, -0.1) is 16.4 Å². The quantitative estimate of drug-likeness (QED) is 0.716. The fourth-order valence-electron chi connectivity index (χ4n) is 1.57. The Morgan fingerprint density at radius 1 is 1.44 bits per heavy atom. The summed E-state index contributed by atoms with van der Waals surface area (Å²) in [4.78, 5) is 15.5. The fraction of sp³-hybridized carbons (Fsp3) is 0.200. The highest BCUT2D eigenvalue weighted by atomic mass is 32.1. The van der Waals surface area contributed by atoms with Gasteiger partial charge in [-0.3, -0.25) is 0 Å². The summed E-state index contributed by atoms with van der Waals surface area (Å²) in [6, 6.07) is 3.52. The first kappa shape index (κ1) is 10.9. The molecule has 0 saturated carbocycles. The first-order chi connectivity index (χ1) is 8.83. The molecule has 0 spiro atoms. The Labute approximate surface area is 106 Å². The molecule has 3 heterocycles. The Morgan fingerprint density at radius 2 is 2.39 bits per heavy atom. The Bertz CT molecular complexity index is 701. The largest absolute Gasteiger partial charge is 0.368 e. The lowest BCUT2D eigenvalue weighted by molar-refractivity contribution is 0.870. The lowest BCUT2D eigenvalue weighted by Crippen LogP contribution is -2.14. The molecule has 3 aromatic heterocycles. The summed E-state index contributed by atoms with van der Waals surface area (Å²) in [5, 5.41) is 16.5. The molecule has 7 nitrogen and oxygen atoms in total. The predicted molar refractivity (Wildman–Crippen MR) is 67.9 cm³/mol. The highest BCUT2D eigenvalue weighted by molar-refractivity contribution is 7.09. The van der Waals surface area contributed by atoms with Crippen molar-refractivity contribution in [2.45, 2.75) is 6.42 Å². The first-order valence-electron chi connectivity index (χ1n) is 5.39. The molecule has 92 valence electrons. The van der Waals surface area contributed by atoms with Gasteiger partial charge in [0.05, 0.1) is 5.01 Å². The van der Waals surface area contributed by atoms with Crippen molar-refractivity contribution < 1.29 is 0 Å². The molecule has 18 heavy (non-hydrogen) atoms. The first-order valence-corrected chi connectivity index (χ1v) is 6.27. The average molecular weight is 262 g/mol. The zero-order valence-electron chi connectivity index (χ0n) is 9.33. The van der Waals surface area contributed by atoms with E-state index in [1.54, 1.807) is 29.7 Å². The minimum Gasteiger partial charge on any atom is -0.368 e. The molecule has 0 bridgehead atoms. The molecular formula is C10H10N6OS. The van der Waals surface area contributed by atoms with Crippen LogP contribution in [-0.4, -0.2) is 31.3 Å². The second-order valence-electron chi connectivity index (χ2n) is 3.62. The maximum absolute atomic E-state index is 11.3. The molecule has 8 heteroatoms. The van der Waals surface area contributed by atoms with Crippen LogP contribution in [0, 0.1) is 0 Å². The van der Waals surface area contributed by atoms with Gasteiger partial charge in [-0.1, -0.05) is 0 Å². The van der Waals surface area contributed by atoms with Gasteiger partial charge in [0.15, 0.2) is 5.65 Å². The van der Waals surface area contributed by atoms with E-state index in [9.17, 15) is 4.79 Å². The number of thiazole rings is 1. The highest BCUT2D eigenvalue weighted by Crippen LogP contribution is 2.06. The molecule has 3 aromatic rings. The van der Waals surface area contributed by atoms with E-state index >= 15 is 0 Å². The van der Waals surface area contributed by atoms with E-state index in [1.165, 1.54) is 4.52 Å². The van der Waals surface area contributed by atoms with Crippen molar-refractivity contribution in [3.8, 4) is 0 Å². The monoisotopic (exact) mass is 262 g/mol. The van der Waals surface area contributed by atoms with Crippen LogP contribution in [0.2, 0.25) is 0 Å². The maximum Gasteiger partial charge on any atom is 0.364 e. The SMILES string of the molecule is O=c1[nH]nc2ccc(NCCc3nccs3)nn12. The molecule has 0 atom stereocenters. The van der Waals surface area contributed by atoms with Gasteiger partial charge in [-0.25, -0.2) is 14.9 Å². The van der Waals surface area contributed by atoms with Gasteiger partial charge in [0.1, 0.15) is 5.82 Å². The standard InChI is InChI=1S/C10H10N6OS/c17-10-14-13-8-2-1-7(15-16(8)10)11-4-3-9-12-5-6-18-9/h1-2,5-6H,3-4H2,(H,11,15)(H,14,17). The molecule has 0 unspecified atom stereocenters. The third-order valence-corrected chi connectivity index (χ3v) is 3.24. The number of fused-ring (bicyclic) bond motifs is 1. The lowest BCUT2D eigenvalue weighted by atomic mass is 10.4. The van der Waals surface area contributed by atoms with Crippen molar-refractivity contribution in [1.29, 1.82) is 0 Å². The van der Waals surface area contributed by atoms with E-state index in [0.29, 0.717) is 11.5 Å². The van der Waals surface area contributed by atoms with E-state index < -0.39 is 0 Å². The summed E-state index contributed by atoms with van der Waals surface area (Å²) in [6.45, 7) is 0.721. The Kier molecular flexibility index (Phi) is 2.77. The third-order valence-electron chi connectivity index (χ3n) is 2.40. The summed E-state index contributed by atoms with van der Waals surface area (Å²) in [5.74, 6) is 0.641. The highest BCUT2D eigenvalue weighted by Gasteiger charge is 2.02. The third kappa shape index (κ3) is 2.09. The maximum atomic E-state index is 11.3. The molecular weight excluding hydrogens is 252 g/mol. The van der Waals surface area contributed by atoms with Gasteiger partial charge in [-0.2, -0.15) is 9.61 Å². The number of anilines is 1. The minimum atomic E-state index is -0.339. The molecule has 0 aliphatic rings. The summed E-state index contributed by atoms with van der Waals surface area (Å²) >= 11 is 1.62. The number of nitrogens with one attached hydrogen (secondary N) is 2. The molecule has 0 amide bonds. The van der Waals surface area contributed by atoms with Crippen molar-refractivity contribution in [3.63, 3.8) is 0 Å². The smallest absolute Gasteiger partial charge is 0.364 e. The number of hydrogen-bond donors (Lipinski definition) is 2. The van der Waals surface area contributed by atoms with Crippen LogP contribution in [0.25, 0.3) is 5.65 Å². The number of hydrogen-bond acceptors (Lipinski definition) is 6. The lowest BCUT2D eigenvalue weighted by Gasteiger charge is -2.03. The van der Waals surface area contributed by atoms with Gasteiger partial charge in [0.2, 0.25) is 0 Å². The van der Waals surface area contributed by atoms with Crippen molar-refractivity contribution in [1.82, 2.24) is 24.8 Å². The average Bonchev–Trinajstić information content (AvgIpc) is 3.01. The zero-order chi connectivity index (χ0) is 12.4. The van der Waals surface area contributed by atoms with Gasteiger partial charge >= 0.3 is 5.69 Å². The van der Waals surface area contributed by atoms with Crippen LogP contribution in [0.15, 0.2) is 28.5 Å². The van der Waals surface area contributed by atoms with Gasteiger partial charge in [-0.05, 0) is 12.1 Å². The summed E-state index contributed by atoms with van der Waals surface area (Å²) in [6.07, 6.45) is 2.62. The van der Waals surface area contributed by atoms with Gasteiger partial charge < -0.3 is 5.32 Å². The number of aromatic nitrogens is 5. The Balaban J connectivity index is 1.70. The van der Waals surface area contributed by atoms with Crippen LogP contribution >= 0.6 is 11.3 Å². The molecule has 3 rings (SSSR count). The van der Waals surface area contributed by atoms with Crippen LogP contribution in [0.4, 0.5) is 5.82 Å². The number of rotatable bonds is 4. The van der Waals surface area contributed by atoms with Crippen LogP contribution in [0.3, 0.4) is 0 Å². The van der Waals surface area contributed by atoms with E-state index in [1.807, 2.05) is 5.38 Å². The van der Waals surface area contributed by atoms with E-state index in [2.05, 4.69) is 25.6 Å². The predicted octanol–water partition coefficient (Wildman–Crippen LogP) is 0.529. The van der Waals surface area contributed by atoms with Crippen molar-refractivity contribution in [2.24, 2.45) is 0 Å². The number of nitrogens with zero attached hydrogens (tertiary/aromatic N) is 4. The minimum absolute atomic E-state index is 0.339. The molecule has 0 aliphatic carbocycles. The second kappa shape index (κ2) is 4.57. The molecule has 0 radical (unpaired) electrons. The van der Waals surface area contributed by atoms with Crippen molar-refractivity contribution >= 4 is 22.8 Å². The topological polar surface area (TPSA) is 88.0 Å². The van der Waals surface area contributed by atoms with Crippen LogP contribution in [0.5, 0.6) is 0 Å². The molecule has 0 aromatic carbocycles. The summed E-state index contributed by atoms with van der Waals surface area (Å²) in [5.41, 5.74) is 0.166. The van der Waals surface area contributed by atoms with E-state index in [4.69, 9.17) is 0 Å². The van der Waals surface area contributed by atoms with Crippen molar-refractivity contribution in [3.05, 3.63) is 39.2 Å². The normalized spacial score (nSPS) is 10.9.